The molecule has 0 aliphatic rings. The molecular weight excluding hydrogens is 357 g/mol. The molecule has 0 aliphatic carbocycles. The fraction of sp³-hybridized carbons (Fsp3) is 0.182. The summed E-state index contributed by atoms with van der Waals surface area (Å²) in [6.45, 7) is 2.05. The Morgan fingerprint density at radius 2 is 1.22 bits per heavy atom. The molecule has 0 saturated heterocycles. The van der Waals surface area contributed by atoms with Gasteiger partial charge < -0.3 is 14.4 Å². The SMILES string of the molecule is CCCC(Nc1ccccc1)P(=O)(Oc1ccccc1)Oc1ccccc1. The molecule has 1 unspecified atom stereocenters. The Hall–Kier alpha value is -2.71. The second kappa shape index (κ2) is 9.29. The first-order valence-electron chi connectivity index (χ1n) is 9.10. The molecule has 27 heavy (non-hydrogen) atoms. The lowest BCUT2D eigenvalue weighted by atomic mass is 10.3. The first-order valence-corrected chi connectivity index (χ1v) is 10.7. The molecule has 140 valence electrons. The first-order chi connectivity index (χ1) is 13.2. The van der Waals surface area contributed by atoms with Gasteiger partial charge >= 0.3 is 7.60 Å². The van der Waals surface area contributed by atoms with Crippen LogP contribution in [0.2, 0.25) is 0 Å². The van der Waals surface area contributed by atoms with Crippen LogP contribution in [0.5, 0.6) is 11.5 Å². The van der Waals surface area contributed by atoms with Crippen LogP contribution in [0.4, 0.5) is 5.69 Å². The molecule has 5 heteroatoms. The number of nitrogens with one attached hydrogen (secondary N) is 1. The highest BCUT2D eigenvalue weighted by atomic mass is 31.2. The molecule has 4 nitrogen and oxygen atoms in total. The molecule has 1 atom stereocenters. The molecule has 3 rings (SSSR count). The van der Waals surface area contributed by atoms with Crippen molar-refractivity contribution < 1.29 is 13.6 Å². The van der Waals surface area contributed by atoms with Gasteiger partial charge in [0.15, 0.2) is 5.78 Å². The largest absolute Gasteiger partial charge is 0.452 e. The summed E-state index contributed by atoms with van der Waals surface area (Å²) in [6.07, 6.45) is 1.48. The second-order valence-corrected chi connectivity index (χ2v) is 8.23. The topological polar surface area (TPSA) is 47.6 Å². The van der Waals surface area contributed by atoms with Crippen LogP contribution in [0.3, 0.4) is 0 Å². The monoisotopic (exact) mass is 381 g/mol. The average Bonchev–Trinajstić information content (AvgIpc) is 2.70. The molecule has 0 heterocycles. The van der Waals surface area contributed by atoms with Gasteiger partial charge in [0.2, 0.25) is 0 Å². The Labute approximate surface area is 160 Å². The number of benzene rings is 3. The average molecular weight is 381 g/mol. The van der Waals surface area contributed by atoms with E-state index in [1.165, 1.54) is 0 Å². The van der Waals surface area contributed by atoms with Crippen molar-refractivity contribution in [2.75, 3.05) is 5.32 Å². The normalized spacial score (nSPS) is 12.2. The fourth-order valence-electron chi connectivity index (χ4n) is 2.71. The third-order valence-corrected chi connectivity index (χ3v) is 6.08. The number of rotatable bonds is 9. The maximum Gasteiger partial charge on any atom is 0.452 e. The lowest BCUT2D eigenvalue weighted by Gasteiger charge is -2.28. The standard InChI is InChI=1S/C22H24NO3P/c1-2-12-22(23-19-13-6-3-7-14-19)27(24,25-20-15-8-4-9-16-20)26-21-17-10-5-11-18-21/h3-11,13-18,22-23H,2,12H2,1H3. The molecule has 3 aromatic carbocycles. The minimum atomic E-state index is -3.57. The van der Waals surface area contributed by atoms with Crippen LogP contribution in [0.15, 0.2) is 91.0 Å². The van der Waals surface area contributed by atoms with E-state index in [4.69, 9.17) is 9.05 Å². The zero-order valence-corrected chi connectivity index (χ0v) is 16.2. The Bertz CT molecular complexity index is 811. The van der Waals surface area contributed by atoms with Crippen LogP contribution in [0.25, 0.3) is 0 Å². The summed E-state index contributed by atoms with van der Waals surface area (Å²) in [6, 6.07) is 28.0. The van der Waals surface area contributed by atoms with Gasteiger partial charge in [0.1, 0.15) is 11.5 Å². The lowest BCUT2D eigenvalue weighted by Crippen LogP contribution is -2.25. The highest BCUT2D eigenvalue weighted by Gasteiger charge is 2.39. The molecule has 1 N–H and O–H groups in total. The minimum absolute atomic E-state index is 0.481. The van der Waals surface area contributed by atoms with Crippen LogP contribution in [0, 0.1) is 0 Å². The molecular formula is C22H24NO3P. The number of hydrogen-bond acceptors (Lipinski definition) is 4. The maximum atomic E-state index is 13.9. The van der Waals surface area contributed by atoms with Crippen molar-refractivity contribution in [3.8, 4) is 11.5 Å². The molecule has 0 fully saturated rings. The molecule has 0 aromatic heterocycles. The zero-order valence-electron chi connectivity index (χ0n) is 15.3. The van der Waals surface area contributed by atoms with E-state index in [1.807, 2.05) is 66.7 Å². The summed E-state index contributed by atoms with van der Waals surface area (Å²) in [4.78, 5) is 0. The zero-order chi connectivity index (χ0) is 19.0. The van der Waals surface area contributed by atoms with E-state index in [9.17, 15) is 4.57 Å². The van der Waals surface area contributed by atoms with Crippen molar-refractivity contribution in [1.29, 1.82) is 0 Å². The van der Waals surface area contributed by atoms with Gasteiger partial charge in [0.25, 0.3) is 0 Å². The van der Waals surface area contributed by atoms with Crippen LogP contribution >= 0.6 is 7.60 Å². The number of para-hydroxylation sites is 3. The number of hydrogen-bond donors (Lipinski definition) is 1. The second-order valence-electron chi connectivity index (χ2n) is 6.16. The van der Waals surface area contributed by atoms with E-state index in [-0.39, 0.29) is 0 Å². The van der Waals surface area contributed by atoms with E-state index >= 15 is 0 Å². The van der Waals surface area contributed by atoms with Gasteiger partial charge in [-0.15, -0.1) is 0 Å². The van der Waals surface area contributed by atoms with Crippen molar-refractivity contribution >= 4 is 13.3 Å². The van der Waals surface area contributed by atoms with E-state index in [1.54, 1.807) is 24.3 Å². The maximum absolute atomic E-state index is 13.9. The lowest BCUT2D eigenvalue weighted by molar-refractivity contribution is 0.372. The first kappa shape index (κ1) is 19.1. The highest BCUT2D eigenvalue weighted by Crippen LogP contribution is 2.54. The van der Waals surface area contributed by atoms with Crippen molar-refractivity contribution in [3.05, 3.63) is 91.0 Å². The summed E-state index contributed by atoms with van der Waals surface area (Å²) in [5.74, 6) is 0.561. The van der Waals surface area contributed by atoms with E-state index in [0.29, 0.717) is 17.9 Å². The quantitative estimate of drug-likeness (QED) is 0.426. The predicted molar refractivity (Wildman–Crippen MR) is 111 cm³/mol. The summed E-state index contributed by atoms with van der Waals surface area (Å²) in [5, 5.41) is 3.35. The van der Waals surface area contributed by atoms with Crippen LogP contribution in [-0.4, -0.2) is 5.78 Å². The third-order valence-electron chi connectivity index (χ3n) is 4.00. The molecule has 3 aromatic rings. The third kappa shape index (κ3) is 5.38. The molecule has 0 saturated carbocycles. The molecule has 0 amide bonds. The summed E-state index contributed by atoms with van der Waals surface area (Å²) < 4.78 is 25.9. The molecule has 0 radical (unpaired) electrons. The van der Waals surface area contributed by atoms with Gasteiger partial charge in [-0.3, -0.25) is 0 Å². The number of anilines is 1. The van der Waals surface area contributed by atoms with E-state index in [0.717, 1.165) is 12.1 Å². The van der Waals surface area contributed by atoms with Crippen LogP contribution < -0.4 is 14.4 Å². The predicted octanol–water partition coefficient (Wildman–Crippen LogP) is 6.58. The Balaban J connectivity index is 1.93. The smallest absolute Gasteiger partial charge is 0.415 e. The van der Waals surface area contributed by atoms with Gasteiger partial charge in [0, 0.05) is 5.69 Å². The highest BCUT2D eigenvalue weighted by molar-refractivity contribution is 7.55. The van der Waals surface area contributed by atoms with Crippen LogP contribution in [-0.2, 0) is 4.57 Å². The fourth-order valence-corrected chi connectivity index (χ4v) is 4.72. The van der Waals surface area contributed by atoms with E-state index < -0.39 is 13.4 Å². The van der Waals surface area contributed by atoms with Crippen molar-refractivity contribution in [2.24, 2.45) is 0 Å². The van der Waals surface area contributed by atoms with Gasteiger partial charge in [0.05, 0.1) is 0 Å². The van der Waals surface area contributed by atoms with Crippen molar-refractivity contribution in [1.82, 2.24) is 0 Å². The van der Waals surface area contributed by atoms with Gasteiger partial charge in [-0.2, -0.15) is 0 Å². The Morgan fingerprint density at radius 1 is 0.778 bits per heavy atom. The Kier molecular flexibility index (Phi) is 6.56. The van der Waals surface area contributed by atoms with Crippen molar-refractivity contribution in [3.63, 3.8) is 0 Å². The minimum Gasteiger partial charge on any atom is -0.415 e. The van der Waals surface area contributed by atoms with Crippen molar-refractivity contribution in [2.45, 2.75) is 25.5 Å². The summed E-state index contributed by atoms with van der Waals surface area (Å²) in [7, 11) is -3.57. The van der Waals surface area contributed by atoms with Gasteiger partial charge in [-0.25, -0.2) is 4.57 Å². The van der Waals surface area contributed by atoms with Crippen LogP contribution in [0.1, 0.15) is 19.8 Å². The molecule has 0 aliphatic heterocycles. The van der Waals surface area contributed by atoms with Gasteiger partial charge in [-0.05, 0) is 42.8 Å². The summed E-state index contributed by atoms with van der Waals surface area (Å²) >= 11 is 0. The summed E-state index contributed by atoms with van der Waals surface area (Å²) in [5.41, 5.74) is 0.879. The Morgan fingerprint density at radius 3 is 1.67 bits per heavy atom. The molecule has 0 bridgehead atoms. The van der Waals surface area contributed by atoms with E-state index in [2.05, 4.69) is 12.2 Å². The molecule has 0 spiro atoms. The van der Waals surface area contributed by atoms with Gasteiger partial charge in [-0.1, -0.05) is 67.9 Å².